The van der Waals surface area contributed by atoms with Crippen LogP contribution in [-0.4, -0.2) is 98.3 Å². The zero-order valence-corrected chi connectivity index (χ0v) is 34.2. The van der Waals surface area contributed by atoms with Gasteiger partial charge in [-0.15, -0.1) is 0 Å². The lowest BCUT2D eigenvalue weighted by Gasteiger charge is -2.41. The zero-order chi connectivity index (χ0) is 40.0. The smallest absolute Gasteiger partial charge is 0.462 e. The standard InChI is InChI=1S/C40H75O13P/c1-3-5-7-9-11-13-14-15-16-17-18-19-20-21-23-25-27-29-34(42)52-32(30-50-33(41)28-26-24-22-12-10-8-6-4-2)31-51-54(48,49)53-40-38(46)36(44)35(43)37(45)39(40)47/h13-14,32,35-40,43-47H,3-12,15-31H2,1-2H3,(H,48,49)/b14-13+/t32-,35?,36+,37?,38?,39?,40?/m1/s1. The van der Waals surface area contributed by atoms with Crippen LogP contribution in [0.25, 0.3) is 0 Å². The Hall–Kier alpha value is -1.41. The first-order chi connectivity index (χ1) is 25.9. The van der Waals surface area contributed by atoms with Crippen molar-refractivity contribution >= 4 is 19.8 Å². The second-order valence-electron chi connectivity index (χ2n) is 14.8. The lowest BCUT2D eigenvalue weighted by atomic mass is 9.85. The number of aliphatic hydroxyl groups excluding tert-OH is 5. The molecule has 6 N–H and O–H groups in total. The molecule has 1 rings (SSSR count). The molecule has 14 heteroatoms. The van der Waals surface area contributed by atoms with Gasteiger partial charge in [0.15, 0.2) is 6.10 Å². The minimum Gasteiger partial charge on any atom is -0.462 e. The van der Waals surface area contributed by atoms with Crippen molar-refractivity contribution in [3.63, 3.8) is 0 Å². The number of hydrogen-bond acceptors (Lipinski definition) is 12. The average molecular weight is 795 g/mol. The molecule has 0 bridgehead atoms. The van der Waals surface area contributed by atoms with Gasteiger partial charge in [0.2, 0.25) is 0 Å². The Morgan fingerprint density at radius 1 is 0.556 bits per heavy atom. The molecule has 1 saturated carbocycles. The summed E-state index contributed by atoms with van der Waals surface area (Å²) < 4.78 is 33.3. The van der Waals surface area contributed by atoms with E-state index in [2.05, 4.69) is 26.0 Å². The zero-order valence-electron chi connectivity index (χ0n) is 33.3. The van der Waals surface area contributed by atoms with E-state index in [1.807, 2.05) is 0 Å². The maximum absolute atomic E-state index is 12.7. The molecule has 6 unspecified atom stereocenters. The molecule has 13 nitrogen and oxygen atoms in total. The number of rotatable bonds is 34. The van der Waals surface area contributed by atoms with Gasteiger partial charge in [-0.25, -0.2) is 4.57 Å². The van der Waals surface area contributed by atoms with Crippen LogP contribution in [0.5, 0.6) is 0 Å². The summed E-state index contributed by atoms with van der Waals surface area (Å²) in [7, 11) is -5.10. The van der Waals surface area contributed by atoms with Crippen molar-refractivity contribution < 1.29 is 63.1 Å². The van der Waals surface area contributed by atoms with Gasteiger partial charge in [-0.05, 0) is 38.5 Å². The van der Waals surface area contributed by atoms with Crippen molar-refractivity contribution in [1.29, 1.82) is 0 Å². The summed E-state index contributed by atoms with van der Waals surface area (Å²) in [6.45, 7) is 3.23. The number of aliphatic hydroxyl groups is 5. The maximum Gasteiger partial charge on any atom is 0.472 e. The van der Waals surface area contributed by atoms with E-state index >= 15 is 0 Å². The Labute approximate surface area is 324 Å². The molecule has 0 saturated heterocycles. The van der Waals surface area contributed by atoms with Gasteiger partial charge >= 0.3 is 19.8 Å². The molecular weight excluding hydrogens is 719 g/mol. The van der Waals surface area contributed by atoms with Crippen molar-refractivity contribution in [2.45, 2.75) is 217 Å². The van der Waals surface area contributed by atoms with E-state index in [0.717, 1.165) is 51.4 Å². The number of carbonyl (C=O) groups excluding carboxylic acids is 2. The Morgan fingerprint density at radius 3 is 1.43 bits per heavy atom. The molecule has 0 spiro atoms. The Bertz CT molecular complexity index is 1010. The highest BCUT2D eigenvalue weighted by Crippen LogP contribution is 2.47. The number of ether oxygens (including phenoxy) is 2. The van der Waals surface area contributed by atoms with Crippen LogP contribution in [0.2, 0.25) is 0 Å². The predicted molar refractivity (Wildman–Crippen MR) is 207 cm³/mol. The molecule has 0 aromatic carbocycles. The largest absolute Gasteiger partial charge is 0.472 e. The molecule has 1 aliphatic carbocycles. The van der Waals surface area contributed by atoms with E-state index in [4.69, 9.17) is 18.5 Å². The van der Waals surface area contributed by atoms with Crippen molar-refractivity contribution in [2.75, 3.05) is 13.2 Å². The van der Waals surface area contributed by atoms with Gasteiger partial charge in [-0.1, -0.05) is 135 Å². The van der Waals surface area contributed by atoms with Gasteiger partial charge in [0.05, 0.1) is 6.61 Å². The average Bonchev–Trinajstić information content (AvgIpc) is 3.15. The summed E-state index contributed by atoms with van der Waals surface area (Å²) in [5.41, 5.74) is 0. The monoisotopic (exact) mass is 794 g/mol. The van der Waals surface area contributed by atoms with Crippen LogP contribution in [0.15, 0.2) is 12.2 Å². The van der Waals surface area contributed by atoms with E-state index in [9.17, 15) is 44.6 Å². The molecule has 0 aromatic rings. The predicted octanol–water partition coefficient (Wildman–Crippen LogP) is 7.11. The van der Waals surface area contributed by atoms with Crippen LogP contribution in [0.3, 0.4) is 0 Å². The first-order valence-corrected chi connectivity index (χ1v) is 22.5. The van der Waals surface area contributed by atoms with Gasteiger partial charge in [-0.3, -0.25) is 18.6 Å². The summed E-state index contributed by atoms with van der Waals surface area (Å²) in [5, 5.41) is 49.9. The van der Waals surface area contributed by atoms with E-state index < -0.39 is 75.7 Å². The summed E-state index contributed by atoms with van der Waals surface area (Å²) >= 11 is 0. The third-order valence-electron chi connectivity index (χ3n) is 9.86. The van der Waals surface area contributed by atoms with E-state index in [0.29, 0.717) is 12.8 Å². The fourth-order valence-corrected chi connectivity index (χ4v) is 7.37. The van der Waals surface area contributed by atoms with Gasteiger partial charge < -0.3 is 39.9 Å². The molecule has 1 fully saturated rings. The minimum atomic E-state index is -5.10. The van der Waals surface area contributed by atoms with Crippen LogP contribution in [0.4, 0.5) is 0 Å². The molecule has 8 atom stereocenters. The highest BCUT2D eigenvalue weighted by molar-refractivity contribution is 7.47. The number of allylic oxidation sites excluding steroid dienone is 2. The summed E-state index contributed by atoms with van der Waals surface area (Å²) in [5.74, 6) is -1.10. The molecule has 0 amide bonds. The second-order valence-corrected chi connectivity index (χ2v) is 16.3. The maximum atomic E-state index is 12.7. The van der Waals surface area contributed by atoms with E-state index in [1.54, 1.807) is 0 Å². The van der Waals surface area contributed by atoms with Crippen LogP contribution in [-0.2, 0) is 32.7 Å². The molecule has 318 valence electrons. The minimum absolute atomic E-state index is 0.0979. The second kappa shape index (κ2) is 31.6. The molecule has 54 heavy (non-hydrogen) atoms. The molecule has 0 radical (unpaired) electrons. The van der Waals surface area contributed by atoms with Crippen molar-refractivity contribution in [3.05, 3.63) is 12.2 Å². The topological polar surface area (TPSA) is 210 Å². The fraction of sp³-hybridized carbons (Fsp3) is 0.900. The SMILES string of the molecule is CCCCCC/C=C/CCCCCCCCCCCC(=O)O[C@H](COC(=O)CCCCCCCCCC)COP(=O)(O)OC1C(O)C(O)C(O)[C@H](O)C1O. The van der Waals surface area contributed by atoms with Crippen LogP contribution in [0.1, 0.15) is 174 Å². The van der Waals surface area contributed by atoms with Gasteiger partial charge in [0.25, 0.3) is 0 Å². The van der Waals surface area contributed by atoms with Crippen LogP contribution >= 0.6 is 7.82 Å². The van der Waals surface area contributed by atoms with Gasteiger partial charge in [0.1, 0.15) is 43.2 Å². The van der Waals surface area contributed by atoms with Crippen molar-refractivity contribution in [3.8, 4) is 0 Å². The van der Waals surface area contributed by atoms with Crippen molar-refractivity contribution in [1.82, 2.24) is 0 Å². The number of phosphoric acid groups is 1. The third kappa shape index (κ3) is 24.3. The van der Waals surface area contributed by atoms with E-state index in [-0.39, 0.29) is 12.8 Å². The third-order valence-corrected chi connectivity index (χ3v) is 10.8. The van der Waals surface area contributed by atoms with Crippen LogP contribution in [0, 0.1) is 0 Å². The lowest BCUT2D eigenvalue weighted by molar-refractivity contribution is -0.220. The number of esters is 2. The number of carbonyl (C=O) groups is 2. The lowest BCUT2D eigenvalue weighted by Crippen LogP contribution is -2.64. The molecular formula is C40H75O13P. The van der Waals surface area contributed by atoms with E-state index in [1.165, 1.54) is 83.5 Å². The summed E-state index contributed by atoms with van der Waals surface area (Å²) in [6, 6.07) is 0. The first-order valence-electron chi connectivity index (χ1n) is 21.0. The highest BCUT2D eigenvalue weighted by Gasteiger charge is 2.51. The van der Waals surface area contributed by atoms with Gasteiger partial charge in [0, 0.05) is 12.8 Å². The molecule has 0 aromatic heterocycles. The summed E-state index contributed by atoms with van der Waals surface area (Å²) in [6.07, 6.45) is 17.2. The Morgan fingerprint density at radius 2 is 0.944 bits per heavy atom. The fourth-order valence-electron chi connectivity index (χ4n) is 6.40. The van der Waals surface area contributed by atoms with Gasteiger partial charge in [-0.2, -0.15) is 0 Å². The highest BCUT2D eigenvalue weighted by atomic mass is 31.2. The number of hydrogen-bond donors (Lipinski definition) is 6. The molecule has 1 aliphatic rings. The quantitative estimate of drug-likeness (QED) is 0.0166. The molecule has 0 aliphatic heterocycles. The first kappa shape index (κ1) is 50.6. The van der Waals surface area contributed by atoms with Crippen LogP contribution < -0.4 is 0 Å². The normalized spacial score (nSPS) is 23.3. The Kier molecular flexibility index (Phi) is 29.7. The molecule has 0 heterocycles. The Balaban J connectivity index is 2.46. The number of phosphoric ester groups is 1. The summed E-state index contributed by atoms with van der Waals surface area (Å²) in [4.78, 5) is 35.4. The number of unbranched alkanes of at least 4 members (excludes halogenated alkanes) is 20. The van der Waals surface area contributed by atoms with Crippen molar-refractivity contribution in [2.24, 2.45) is 0 Å².